The van der Waals surface area contributed by atoms with E-state index < -0.39 is 0 Å². The first-order valence-electron chi connectivity index (χ1n) is 9.13. The van der Waals surface area contributed by atoms with Crippen LogP contribution in [0.4, 0.5) is 5.82 Å². The van der Waals surface area contributed by atoms with Gasteiger partial charge in [0.1, 0.15) is 5.82 Å². The predicted octanol–water partition coefficient (Wildman–Crippen LogP) is 1.38. The molecular weight excluding hydrogens is 318 g/mol. The summed E-state index contributed by atoms with van der Waals surface area (Å²) in [6.07, 6.45) is 3.79. The molecule has 7 heteroatoms. The molecule has 0 radical (unpaired) electrons. The highest BCUT2D eigenvalue weighted by Gasteiger charge is 2.37. The van der Waals surface area contributed by atoms with Crippen LogP contribution in [0.25, 0.3) is 0 Å². The van der Waals surface area contributed by atoms with E-state index in [-0.39, 0.29) is 17.7 Å². The fraction of sp³-hybridized carbons (Fsp3) is 0.667. The summed E-state index contributed by atoms with van der Waals surface area (Å²) < 4.78 is 0. The first kappa shape index (κ1) is 17.6. The zero-order valence-electron chi connectivity index (χ0n) is 15.0. The van der Waals surface area contributed by atoms with E-state index in [1.165, 1.54) is 0 Å². The van der Waals surface area contributed by atoms with Crippen LogP contribution in [-0.4, -0.2) is 64.0 Å². The summed E-state index contributed by atoms with van der Waals surface area (Å²) in [6.45, 7) is 6.96. The molecule has 1 atom stereocenters. The number of likely N-dealkylation sites (tertiary alicyclic amines) is 2. The summed E-state index contributed by atoms with van der Waals surface area (Å²) in [5.41, 5.74) is 0. The first-order chi connectivity index (χ1) is 12.0. The largest absolute Gasteiger partial charge is 0.366 e. The maximum Gasteiger partial charge on any atom is 0.227 e. The van der Waals surface area contributed by atoms with Gasteiger partial charge in [0.25, 0.3) is 0 Å². The maximum atomic E-state index is 12.7. The van der Waals surface area contributed by atoms with Crippen molar-refractivity contribution >= 4 is 17.6 Å². The summed E-state index contributed by atoms with van der Waals surface area (Å²) >= 11 is 0. The number of rotatable bonds is 5. The Bertz CT molecular complexity index is 599. The molecule has 25 heavy (non-hydrogen) atoms. The molecule has 0 aliphatic carbocycles. The molecule has 7 nitrogen and oxygen atoms in total. The fourth-order valence-corrected chi connectivity index (χ4v) is 3.64. The summed E-state index contributed by atoms with van der Waals surface area (Å²) in [4.78, 5) is 28.6. The molecule has 1 aromatic heterocycles. The van der Waals surface area contributed by atoms with Gasteiger partial charge in [-0.25, -0.2) is 0 Å². The van der Waals surface area contributed by atoms with Crippen LogP contribution in [-0.2, 0) is 9.59 Å². The van der Waals surface area contributed by atoms with Gasteiger partial charge >= 0.3 is 0 Å². The smallest absolute Gasteiger partial charge is 0.227 e. The van der Waals surface area contributed by atoms with Gasteiger partial charge in [0.15, 0.2) is 0 Å². The van der Waals surface area contributed by atoms with Crippen molar-refractivity contribution < 1.29 is 9.59 Å². The predicted molar refractivity (Wildman–Crippen MR) is 94.8 cm³/mol. The van der Waals surface area contributed by atoms with Gasteiger partial charge in [0.2, 0.25) is 11.8 Å². The van der Waals surface area contributed by atoms with E-state index in [0.29, 0.717) is 24.9 Å². The highest BCUT2D eigenvalue weighted by molar-refractivity contribution is 5.89. The van der Waals surface area contributed by atoms with Crippen molar-refractivity contribution in [3.05, 3.63) is 18.3 Å². The van der Waals surface area contributed by atoms with Gasteiger partial charge in [0.05, 0.1) is 5.92 Å². The van der Waals surface area contributed by atoms with Gasteiger partial charge < -0.3 is 15.1 Å². The monoisotopic (exact) mass is 345 g/mol. The molecule has 136 valence electrons. The molecule has 2 saturated heterocycles. The van der Waals surface area contributed by atoms with E-state index in [2.05, 4.69) is 29.4 Å². The lowest BCUT2D eigenvalue weighted by Gasteiger charge is -2.34. The molecule has 0 aromatic carbocycles. The Hall–Kier alpha value is -2.18. The third kappa shape index (κ3) is 4.46. The second-order valence-corrected chi connectivity index (χ2v) is 7.45. The lowest BCUT2D eigenvalue weighted by molar-refractivity contribution is -0.136. The molecular formula is C18H27N5O2. The van der Waals surface area contributed by atoms with E-state index in [0.717, 1.165) is 38.3 Å². The van der Waals surface area contributed by atoms with Crippen molar-refractivity contribution in [2.75, 3.05) is 31.5 Å². The minimum absolute atomic E-state index is 0.117. The Morgan fingerprint density at radius 2 is 2.12 bits per heavy atom. The van der Waals surface area contributed by atoms with Crippen LogP contribution < -0.4 is 5.32 Å². The molecule has 3 heterocycles. The Morgan fingerprint density at radius 3 is 2.76 bits per heavy atom. The number of piperidine rings is 1. The van der Waals surface area contributed by atoms with Gasteiger partial charge in [-0.1, -0.05) is 13.8 Å². The minimum Gasteiger partial charge on any atom is -0.366 e. The van der Waals surface area contributed by atoms with E-state index in [1.807, 2.05) is 21.9 Å². The highest BCUT2D eigenvalue weighted by atomic mass is 16.2. The fourth-order valence-electron chi connectivity index (χ4n) is 3.64. The average Bonchev–Trinajstić information content (AvgIpc) is 2.96. The van der Waals surface area contributed by atoms with Gasteiger partial charge in [-0.05, 0) is 30.9 Å². The molecule has 2 aliphatic heterocycles. The van der Waals surface area contributed by atoms with Gasteiger partial charge in [-0.15, -0.1) is 5.10 Å². The van der Waals surface area contributed by atoms with E-state index in [9.17, 15) is 9.59 Å². The molecule has 1 aromatic rings. The van der Waals surface area contributed by atoms with Crippen molar-refractivity contribution in [1.29, 1.82) is 0 Å². The number of carbonyl (C=O) groups excluding carboxylic acids is 2. The summed E-state index contributed by atoms with van der Waals surface area (Å²) in [6, 6.07) is 4.06. The number of anilines is 1. The highest BCUT2D eigenvalue weighted by Crippen LogP contribution is 2.23. The third-order valence-corrected chi connectivity index (χ3v) is 4.88. The van der Waals surface area contributed by atoms with Crippen LogP contribution in [0.2, 0.25) is 0 Å². The van der Waals surface area contributed by atoms with E-state index in [1.54, 1.807) is 6.20 Å². The standard InChI is InChI=1S/C18H27N5O2/c1-13(2)11-23-12-14(10-17(23)24)18(25)22-8-5-15(6-9-22)20-16-4-3-7-19-21-16/h3-4,7,13-15H,5-6,8-12H2,1-2H3,(H,20,21)/t14-/m0/s1. The number of nitrogens with zero attached hydrogens (tertiary/aromatic N) is 4. The molecule has 0 unspecified atom stereocenters. The van der Waals surface area contributed by atoms with Crippen molar-refractivity contribution in [2.24, 2.45) is 11.8 Å². The second kappa shape index (κ2) is 7.80. The molecule has 3 rings (SSSR count). The van der Waals surface area contributed by atoms with Crippen LogP contribution in [0, 0.1) is 11.8 Å². The summed E-state index contributed by atoms with van der Waals surface area (Å²) in [5.74, 6) is 1.29. The first-order valence-corrected chi connectivity index (χ1v) is 9.13. The third-order valence-electron chi connectivity index (χ3n) is 4.88. The van der Waals surface area contributed by atoms with Gasteiger partial charge in [0, 0.05) is 44.8 Å². The summed E-state index contributed by atoms with van der Waals surface area (Å²) in [7, 11) is 0. The van der Waals surface area contributed by atoms with Crippen molar-refractivity contribution in [3.8, 4) is 0 Å². The molecule has 0 saturated carbocycles. The maximum absolute atomic E-state index is 12.7. The van der Waals surface area contributed by atoms with E-state index >= 15 is 0 Å². The summed E-state index contributed by atoms with van der Waals surface area (Å²) in [5, 5.41) is 11.3. The Labute approximate surface area is 148 Å². The second-order valence-electron chi connectivity index (χ2n) is 7.45. The van der Waals surface area contributed by atoms with E-state index in [4.69, 9.17) is 0 Å². The SMILES string of the molecule is CC(C)CN1C[C@@H](C(=O)N2CCC(Nc3cccnn3)CC2)CC1=O. The van der Waals surface area contributed by atoms with Crippen molar-refractivity contribution in [2.45, 2.75) is 39.2 Å². The Balaban J connectivity index is 1.48. The number of nitrogens with one attached hydrogen (secondary N) is 1. The van der Waals surface area contributed by atoms with Crippen molar-refractivity contribution in [1.82, 2.24) is 20.0 Å². The lowest BCUT2D eigenvalue weighted by atomic mass is 10.0. The Kier molecular flexibility index (Phi) is 5.50. The lowest BCUT2D eigenvalue weighted by Crippen LogP contribution is -2.45. The number of carbonyl (C=O) groups is 2. The number of hydrogen-bond acceptors (Lipinski definition) is 5. The van der Waals surface area contributed by atoms with Crippen LogP contribution in [0.5, 0.6) is 0 Å². The molecule has 2 fully saturated rings. The average molecular weight is 345 g/mol. The molecule has 1 N–H and O–H groups in total. The molecule has 0 spiro atoms. The normalized spacial score (nSPS) is 21.9. The molecule has 0 bridgehead atoms. The van der Waals surface area contributed by atoms with Gasteiger partial charge in [-0.3, -0.25) is 9.59 Å². The Morgan fingerprint density at radius 1 is 1.36 bits per heavy atom. The van der Waals surface area contributed by atoms with Crippen LogP contribution in [0.1, 0.15) is 33.1 Å². The number of amides is 2. The zero-order valence-corrected chi connectivity index (χ0v) is 15.0. The topological polar surface area (TPSA) is 78.4 Å². The van der Waals surface area contributed by atoms with Gasteiger partial charge in [-0.2, -0.15) is 5.10 Å². The zero-order chi connectivity index (χ0) is 17.8. The number of hydrogen-bond donors (Lipinski definition) is 1. The van der Waals surface area contributed by atoms with Crippen molar-refractivity contribution in [3.63, 3.8) is 0 Å². The van der Waals surface area contributed by atoms with Crippen LogP contribution in [0.3, 0.4) is 0 Å². The molecule has 2 aliphatic rings. The molecule has 2 amide bonds. The quantitative estimate of drug-likeness (QED) is 0.872. The number of aromatic nitrogens is 2. The van der Waals surface area contributed by atoms with Crippen LogP contribution >= 0.6 is 0 Å². The minimum atomic E-state index is -0.171. The van der Waals surface area contributed by atoms with Crippen LogP contribution in [0.15, 0.2) is 18.3 Å².